The van der Waals surface area contributed by atoms with E-state index in [1.807, 2.05) is 0 Å². The Morgan fingerprint density at radius 2 is 1.45 bits per heavy atom. The highest BCUT2D eigenvalue weighted by Crippen LogP contribution is 2.15. The molecule has 108 valence electrons. The van der Waals surface area contributed by atoms with Gasteiger partial charge in [0, 0.05) is 18.2 Å². The average Bonchev–Trinajstić information content (AvgIpc) is 2.34. The van der Waals surface area contributed by atoms with Gasteiger partial charge in [-0.1, -0.05) is 12.1 Å². The van der Waals surface area contributed by atoms with Crippen molar-refractivity contribution in [1.82, 2.24) is 0 Å². The van der Waals surface area contributed by atoms with E-state index in [-0.39, 0.29) is 34.2 Å². The van der Waals surface area contributed by atoms with Gasteiger partial charge in [0.05, 0.1) is 10.8 Å². The molecule has 0 heterocycles. The number of carbonyl (C=O) groups is 3. The number of sulfone groups is 1. The van der Waals surface area contributed by atoms with Gasteiger partial charge in [0.15, 0.2) is 15.6 Å². The molecule has 0 aliphatic carbocycles. The lowest BCUT2D eigenvalue weighted by Gasteiger charge is -2.09. The number of rotatable bonds is 6. The lowest BCUT2D eigenvalue weighted by Crippen LogP contribution is -2.23. The first-order valence-electron chi connectivity index (χ1n) is 5.97. The van der Waals surface area contributed by atoms with Gasteiger partial charge in [0.2, 0.25) is 0 Å². The summed E-state index contributed by atoms with van der Waals surface area (Å²) in [4.78, 5) is 34.7. The fourth-order valence-corrected chi connectivity index (χ4v) is 2.40. The molecule has 0 aliphatic heterocycles. The monoisotopic (exact) mass is 296 g/mol. The zero-order valence-corrected chi connectivity index (χ0v) is 12.4. The maximum atomic E-state index is 12.0. The van der Waals surface area contributed by atoms with Crippen LogP contribution in [0.25, 0.3) is 0 Å². The minimum atomic E-state index is -3.31. The van der Waals surface area contributed by atoms with Crippen LogP contribution in [-0.2, 0) is 19.4 Å². The average molecular weight is 296 g/mol. The summed E-state index contributed by atoms with van der Waals surface area (Å²) >= 11 is 0. The van der Waals surface area contributed by atoms with E-state index in [9.17, 15) is 22.8 Å². The van der Waals surface area contributed by atoms with Crippen molar-refractivity contribution in [2.75, 3.05) is 6.26 Å². The first-order valence-corrected chi connectivity index (χ1v) is 7.86. The van der Waals surface area contributed by atoms with E-state index < -0.39 is 15.8 Å². The molecule has 0 unspecified atom stereocenters. The van der Waals surface area contributed by atoms with Crippen molar-refractivity contribution in [3.63, 3.8) is 0 Å². The molecule has 1 aromatic rings. The first-order chi connectivity index (χ1) is 9.12. The highest BCUT2D eigenvalue weighted by molar-refractivity contribution is 7.90. The Labute approximate surface area is 117 Å². The Morgan fingerprint density at radius 3 is 1.80 bits per heavy atom. The second kappa shape index (κ2) is 6.09. The molecule has 0 radical (unpaired) electrons. The van der Waals surface area contributed by atoms with Crippen molar-refractivity contribution in [2.24, 2.45) is 5.92 Å². The molecule has 20 heavy (non-hydrogen) atoms. The summed E-state index contributed by atoms with van der Waals surface area (Å²) in [5.41, 5.74) is 0.282. The van der Waals surface area contributed by atoms with Crippen molar-refractivity contribution in [3.8, 4) is 0 Å². The van der Waals surface area contributed by atoms with Gasteiger partial charge in [-0.3, -0.25) is 14.4 Å². The number of ketones is 3. The Morgan fingerprint density at radius 1 is 1.00 bits per heavy atom. The van der Waals surface area contributed by atoms with Crippen molar-refractivity contribution in [2.45, 2.75) is 25.2 Å². The standard InChI is InChI=1S/C14H16O5S/c1-9(15)13(10(2)16)8-14(17)11-4-6-12(7-5-11)20(3,18)19/h4-7,13H,8H2,1-3H3. The molecule has 0 atom stereocenters. The fourth-order valence-electron chi connectivity index (χ4n) is 1.76. The molecule has 0 bridgehead atoms. The van der Waals surface area contributed by atoms with E-state index in [0.29, 0.717) is 0 Å². The van der Waals surface area contributed by atoms with Gasteiger partial charge in [-0.15, -0.1) is 0 Å². The second-order valence-corrected chi connectivity index (χ2v) is 6.71. The maximum absolute atomic E-state index is 12.0. The highest BCUT2D eigenvalue weighted by Gasteiger charge is 2.23. The summed E-state index contributed by atoms with van der Waals surface area (Å²) in [6, 6.07) is 5.43. The number of carbonyl (C=O) groups excluding carboxylic acids is 3. The topological polar surface area (TPSA) is 85.3 Å². The van der Waals surface area contributed by atoms with Gasteiger partial charge in [0.1, 0.15) is 11.6 Å². The third-order valence-corrected chi connectivity index (χ3v) is 4.10. The molecule has 5 nitrogen and oxygen atoms in total. The van der Waals surface area contributed by atoms with Crippen molar-refractivity contribution >= 4 is 27.2 Å². The van der Waals surface area contributed by atoms with E-state index in [1.54, 1.807) is 0 Å². The number of hydrogen-bond acceptors (Lipinski definition) is 5. The summed E-state index contributed by atoms with van der Waals surface area (Å²) in [5, 5.41) is 0. The van der Waals surface area contributed by atoms with E-state index in [0.717, 1.165) is 6.26 Å². The van der Waals surface area contributed by atoms with Crippen molar-refractivity contribution < 1.29 is 22.8 Å². The molecule has 1 rings (SSSR count). The second-order valence-electron chi connectivity index (χ2n) is 4.70. The zero-order valence-electron chi connectivity index (χ0n) is 11.5. The molecule has 0 aliphatic rings. The van der Waals surface area contributed by atoms with Crippen LogP contribution in [0.5, 0.6) is 0 Å². The zero-order chi connectivity index (χ0) is 15.5. The lowest BCUT2D eigenvalue weighted by atomic mass is 9.92. The minimum absolute atomic E-state index is 0.115. The molecular formula is C14H16O5S. The molecular weight excluding hydrogens is 280 g/mol. The summed E-state index contributed by atoms with van der Waals surface area (Å²) in [7, 11) is -3.31. The molecule has 0 fully saturated rings. The van der Waals surface area contributed by atoms with Gasteiger partial charge < -0.3 is 0 Å². The SMILES string of the molecule is CC(=O)C(CC(=O)c1ccc(S(C)(=O)=O)cc1)C(C)=O. The van der Waals surface area contributed by atoms with Gasteiger partial charge in [0.25, 0.3) is 0 Å². The Balaban J connectivity index is 2.94. The minimum Gasteiger partial charge on any atom is -0.299 e. The smallest absolute Gasteiger partial charge is 0.175 e. The predicted octanol–water partition coefficient (Wildman–Crippen LogP) is 1.46. The molecule has 0 aromatic heterocycles. The van der Waals surface area contributed by atoms with Crippen molar-refractivity contribution in [3.05, 3.63) is 29.8 Å². The van der Waals surface area contributed by atoms with Gasteiger partial charge in [-0.2, -0.15) is 0 Å². The Kier molecular flexibility index (Phi) is 4.94. The lowest BCUT2D eigenvalue weighted by molar-refractivity contribution is -0.130. The highest BCUT2D eigenvalue weighted by atomic mass is 32.2. The molecule has 0 N–H and O–H groups in total. The third-order valence-electron chi connectivity index (χ3n) is 2.98. The predicted molar refractivity (Wildman–Crippen MR) is 73.4 cm³/mol. The van der Waals surface area contributed by atoms with Crippen LogP contribution >= 0.6 is 0 Å². The number of benzene rings is 1. The van der Waals surface area contributed by atoms with Gasteiger partial charge in [-0.25, -0.2) is 8.42 Å². The summed E-state index contributed by atoms with van der Waals surface area (Å²) < 4.78 is 22.6. The summed E-state index contributed by atoms with van der Waals surface area (Å²) in [6.07, 6.45) is 0.883. The molecule has 0 amide bonds. The molecule has 6 heteroatoms. The molecule has 0 saturated carbocycles. The van der Waals surface area contributed by atoms with E-state index >= 15 is 0 Å². The van der Waals surface area contributed by atoms with Gasteiger partial charge in [-0.05, 0) is 26.0 Å². The van der Waals surface area contributed by atoms with Crippen LogP contribution in [0, 0.1) is 5.92 Å². The number of Topliss-reactive ketones (excluding diaryl/α,β-unsaturated/α-hetero) is 3. The van der Waals surface area contributed by atoms with Crippen LogP contribution in [-0.4, -0.2) is 32.0 Å². The van der Waals surface area contributed by atoms with Crippen LogP contribution < -0.4 is 0 Å². The molecule has 0 saturated heterocycles. The maximum Gasteiger partial charge on any atom is 0.175 e. The third kappa shape index (κ3) is 4.09. The van der Waals surface area contributed by atoms with Crippen LogP contribution in [0.2, 0.25) is 0 Å². The number of hydrogen-bond donors (Lipinski definition) is 0. The normalized spacial score (nSPS) is 11.4. The molecule has 0 spiro atoms. The quantitative estimate of drug-likeness (QED) is 0.586. The van der Waals surface area contributed by atoms with Gasteiger partial charge >= 0.3 is 0 Å². The first kappa shape index (κ1) is 16.2. The van der Waals surface area contributed by atoms with Crippen LogP contribution in [0.4, 0.5) is 0 Å². The fraction of sp³-hybridized carbons (Fsp3) is 0.357. The summed E-state index contributed by atoms with van der Waals surface area (Å²) in [6.45, 7) is 2.54. The van der Waals surface area contributed by atoms with E-state index in [4.69, 9.17) is 0 Å². The summed E-state index contributed by atoms with van der Waals surface area (Å²) in [5.74, 6) is -1.99. The van der Waals surface area contributed by atoms with Crippen LogP contribution in [0.15, 0.2) is 29.2 Å². The van der Waals surface area contributed by atoms with E-state index in [2.05, 4.69) is 0 Å². The van der Waals surface area contributed by atoms with Crippen LogP contribution in [0.3, 0.4) is 0 Å². The molecule has 1 aromatic carbocycles. The largest absolute Gasteiger partial charge is 0.299 e. The Hall–Kier alpha value is -1.82. The Bertz CT molecular complexity index is 627. The van der Waals surface area contributed by atoms with E-state index in [1.165, 1.54) is 38.1 Å². The van der Waals surface area contributed by atoms with Crippen LogP contribution in [0.1, 0.15) is 30.6 Å². The van der Waals surface area contributed by atoms with Crippen molar-refractivity contribution in [1.29, 1.82) is 0 Å².